The van der Waals surface area contributed by atoms with Gasteiger partial charge in [-0.1, -0.05) is 23.2 Å². The van der Waals surface area contributed by atoms with Gasteiger partial charge in [-0.05, 0) is 24.3 Å². The highest BCUT2D eigenvalue weighted by molar-refractivity contribution is 7.15. The standard InChI is InChI=1S/C16H14Cl2N4OS/c1-21(2)12-4-3-10(17)9-11(12)19-14(23)6-5-13-15(18)20-16-22(13)7-8-24-16/h3-9H,1-2H3,(H,19,23)/b6-5+. The zero-order chi connectivity index (χ0) is 17.3. The van der Waals surface area contributed by atoms with E-state index in [2.05, 4.69) is 10.3 Å². The summed E-state index contributed by atoms with van der Waals surface area (Å²) in [4.78, 5) is 19.2. The smallest absolute Gasteiger partial charge is 0.248 e. The number of imidazole rings is 1. The number of nitrogens with one attached hydrogen (secondary N) is 1. The van der Waals surface area contributed by atoms with Crippen LogP contribution in [0.2, 0.25) is 10.2 Å². The lowest BCUT2D eigenvalue weighted by molar-refractivity contribution is -0.111. The van der Waals surface area contributed by atoms with Gasteiger partial charge in [-0.25, -0.2) is 4.98 Å². The molecule has 124 valence electrons. The molecule has 8 heteroatoms. The minimum atomic E-state index is -0.276. The van der Waals surface area contributed by atoms with Crippen molar-refractivity contribution < 1.29 is 4.79 Å². The van der Waals surface area contributed by atoms with Crippen LogP contribution in [0.4, 0.5) is 11.4 Å². The number of halogens is 2. The molecule has 1 aromatic carbocycles. The first-order valence-electron chi connectivity index (χ1n) is 7.02. The third kappa shape index (κ3) is 3.40. The number of rotatable bonds is 4. The molecule has 24 heavy (non-hydrogen) atoms. The number of benzene rings is 1. The summed E-state index contributed by atoms with van der Waals surface area (Å²) in [7, 11) is 3.79. The zero-order valence-corrected chi connectivity index (χ0v) is 15.3. The lowest BCUT2D eigenvalue weighted by Crippen LogP contribution is -2.15. The van der Waals surface area contributed by atoms with E-state index in [-0.39, 0.29) is 5.91 Å². The lowest BCUT2D eigenvalue weighted by Gasteiger charge is -2.17. The van der Waals surface area contributed by atoms with E-state index >= 15 is 0 Å². The number of anilines is 2. The lowest BCUT2D eigenvalue weighted by atomic mass is 10.2. The van der Waals surface area contributed by atoms with E-state index in [1.165, 1.54) is 17.4 Å². The van der Waals surface area contributed by atoms with E-state index in [1.54, 1.807) is 18.2 Å². The largest absolute Gasteiger partial charge is 0.376 e. The molecule has 0 radical (unpaired) electrons. The Morgan fingerprint density at radius 2 is 2.17 bits per heavy atom. The molecule has 0 saturated carbocycles. The van der Waals surface area contributed by atoms with E-state index in [4.69, 9.17) is 23.2 Å². The predicted molar refractivity (Wildman–Crippen MR) is 102 cm³/mol. The average molecular weight is 381 g/mol. The zero-order valence-electron chi connectivity index (χ0n) is 13.0. The molecule has 0 aliphatic carbocycles. The summed E-state index contributed by atoms with van der Waals surface area (Å²) in [5, 5.41) is 5.66. The fourth-order valence-corrected chi connectivity index (χ4v) is 3.43. The van der Waals surface area contributed by atoms with Crippen molar-refractivity contribution in [1.29, 1.82) is 0 Å². The summed E-state index contributed by atoms with van der Waals surface area (Å²) < 4.78 is 1.83. The van der Waals surface area contributed by atoms with Crippen LogP contribution in [0.3, 0.4) is 0 Å². The third-order valence-electron chi connectivity index (χ3n) is 3.35. The van der Waals surface area contributed by atoms with E-state index in [0.29, 0.717) is 21.6 Å². The van der Waals surface area contributed by atoms with Crippen LogP contribution < -0.4 is 10.2 Å². The SMILES string of the molecule is CN(C)c1ccc(Cl)cc1NC(=O)/C=C/c1c(Cl)nc2sccn12. The van der Waals surface area contributed by atoms with Gasteiger partial charge in [-0.3, -0.25) is 9.20 Å². The first-order chi connectivity index (χ1) is 11.5. The van der Waals surface area contributed by atoms with Crippen molar-refractivity contribution in [2.24, 2.45) is 0 Å². The molecular formula is C16H14Cl2N4OS. The first kappa shape index (κ1) is 16.8. The summed E-state index contributed by atoms with van der Waals surface area (Å²) in [5.74, 6) is -0.276. The summed E-state index contributed by atoms with van der Waals surface area (Å²) >= 11 is 13.6. The van der Waals surface area contributed by atoms with Gasteiger partial charge in [0, 0.05) is 36.8 Å². The van der Waals surface area contributed by atoms with Gasteiger partial charge in [-0.15, -0.1) is 11.3 Å². The highest BCUT2D eigenvalue weighted by Crippen LogP contribution is 2.28. The molecule has 0 atom stereocenters. The van der Waals surface area contributed by atoms with E-state index < -0.39 is 0 Å². The maximum absolute atomic E-state index is 12.2. The van der Waals surface area contributed by atoms with Crippen molar-refractivity contribution in [2.45, 2.75) is 0 Å². The second kappa shape index (κ2) is 6.84. The molecule has 0 unspecified atom stereocenters. The fourth-order valence-electron chi connectivity index (χ4n) is 2.25. The Hall–Kier alpha value is -2.02. The number of carbonyl (C=O) groups excluding carboxylic acids is 1. The van der Waals surface area contributed by atoms with Crippen molar-refractivity contribution in [3.05, 3.63) is 51.7 Å². The molecule has 2 aromatic heterocycles. The summed E-state index contributed by atoms with van der Waals surface area (Å²) in [6.07, 6.45) is 4.93. The van der Waals surface area contributed by atoms with Crippen LogP contribution in [-0.2, 0) is 4.79 Å². The Bertz CT molecular complexity index is 929. The first-order valence-corrected chi connectivity index (χ1v) is 8.66. The molecular weight excluding hydrogens is 367 g/mol. The molecule has 3 rings (SSSR count). The normalized spacial score (nSPS) is 11.3. The molecule has 2 heterocycles. The number of nitrogens with zero attached hydrogens (tertiary/aromatic N) is 3. The van der Waals surface area contributed by atoms with Gasteiger partial charge >= 0.3 is 0 Å². The van der Waals surface area contributed by atoms with Gasteiger partial charge in [-0.2, -0.15) is 0 Å². The number of hydrogen-bond donors (Lipinski definition) is 1. The Morgan fingerprint density at radius 1 is 1.38 bits per heavy atom. The van der Waals surface area contributed by atoms with E-state index in [0.717, 1.165) is 10.6 Å². The molecule has 3 aromatic rings. The van der Waals surface area contributed by atoms with Crippen LogP contribution in [0.25, 0.3) is 11.0 Å². The summed E-state index contributed by atoms with van der Waals surface area (Å²) in [6, 6.07) is 5.34. The van der Waals surface area contributed by atoms with Crippen molar-refractivity contribution in [3.8, 4) is 0 Å². The van der Waals surface area contributed by atoms with Gasteiger partial charge < -0.3 is 10.2 Å². The topological polar surface area (TPSA) is 49.6 Å². The van der Waals surface area contributed by atoms with E-state index in [1.807, 2.05) is 41.0 Å². The number of hydrogen-bond acceptors (Lipinski definition) is 4. The summed E-state index contributed by atoms with van der Waals surface area (Å²) in [5.41, 5.74) is 2.17. The Labute approximate surface area is 153 Å². The molecule has 0 aliphatic rings. The molecule has 0 saturated heterocycles. The van der Waals surface area contributed by atoms with Crippen molar-refractivity contribution in [3.63, 3.8) is 0 Å². The Morgan fingerprint density at radius 3 is 2.92 bits per heavy atom. The van der Waals surface area contributed by atoms with Gasteiger partial charge in [0.25, 0.3) is 0 Å². The highest BCUT2D eigenvalue weighted by atomic mass is 35.5. The monoisotopic (exact) mass is 380 g/mol. The van der Waals surface area contributed by atoms with Gasteiger partial charge in [0.05, 0.1) is 17.1 Å². The Kier molecular flexibility index (Phi) is 4.80. The maximum atomic E-state index is 12.2. The van der Waals surface area contributed by atoms with Crippen molar-refractivity contribution in [2.75, 3.05) is 24.3 Å². The minimum Gasteiger partial charge on any atom is -0.376 e. The number of amides is 1. The Balaban J connectivity index is 1.82. The third-order valence-corrected chi connectivity index (χ3v) is 4.61. The van der Waals surface area contributed by atoms with E-state index in [9.17, 15) is 4.79 Å². The molecule has 1 amide bonds. The number of fused-ring (bicyclic) bond motifs is 1. The number of thiazole rings is 1. The van der Waals surface area contributed by atoms with Crippen LogP contribution in [-0.4, -0.2) is 29.4 Å². The molecule has 0 bridgehead atoms. The molecule has 5 nitrogen and oxygen atoms in total. The number of aromatic nitrogens is 2. The van der Waals surface area contributed by atoms with Crippen LogP contribution in [0.1, 0.15) is 5.69 Å². The average Bonchev–Trinajstić information content (AvgIpc) is 3.05. The number of carbonyl (C=O) groups is 1. The summed E-state index contributed by atoms with van der Waals surface area (Å²) in [6.45, 7) is 0. The minimum absolute atomic E-state index is 0.276. The quantitative estimate of drug-likeness (QED) is 0.681. The molecule has 0 spiro atoms. The fraction of sp³-hybridized carbons (Fsp3) is 0.125. The predicted octanol–water partition coefficient (Wildman–Crippen LogP) is 4.42. The maximum Gasteiger partial charge on any atom is 0.248 e. The van der Waals surface area contributed by atoms with Crippen LogP contribution in [0, 0.1) is 0 Å². The van der Waals surface area contributed by atoms with Gasteiger partial charge in [0.1, 0.15) is 0 Å². The van der Waals surface area contributed by atoms with Crippen molar-refractivity contribution >= 4 is 62.9 Å². The van der Waals surface area contributed by atoms with Crippen molar-refractivity contribution in [1.82, 2.24) is 9.38 Å². The van der Waals surface area contributed by atoms with Crippen LogP contribution in [0.5, 0.6) is 0 Å². The van der Waals surface area contributed by atoms with Crippen LogP contribution in [0.15, 0.2) is 35.9 Å². The van der Waals surface area contributed by atoms with Gasteiger partial charge in [0.2, 0.25) is 5.91 Å². The second-order valence-corrected chi connectivity index (χ2v) is 6.89. The second-order valence-electron chi connectivity index (χ2n) is 5.22. The highest BCUT2D eigenvalue weighted by Gasteiger charge is 2.10. The van der Waals surface area contributed by atoms with Gasteiger partial charge in [0.15, 0.2) is 10.1 Å². The molecule has 0 fully saturated rings. The molecule has 0 aliphatic heterocycles. The molecule has 1 N–H and O–H groups in total. The van der Waals surface area contributed by atoms with Crippen LogP contribution >= 0.6 is 34.5 Å².